The van der Waals surface area contributed by atoms with E-state index >= 15 is 0 Å². The number of anilines is 2. The largest absolute Gasteiger partial charge is 0.394 e. The molecule has 3 amide bonds. The van der Waals surface area contributed by atoms with Crippen LogP contribution in [-0.4, -0.2) is 60.4 Å². The minimum Gasteiger partial charge on any atom is -0.394 e. The number of fused-ring (bicyclic) bond motifs is 3. The highest BCUT2D eigenvalue weighted by Crippen LogP contribution is 2.48. The van der Waals surface area contributed by atoms with Gasteiger partial charge in [-0.15, -0.1) is 0 Å². The van der Waals surface area contributed by atoms with E-state index in [0.717, 1.165) is 11.3 Å². The predicted molar refractivity (Wildman–Crippen MR) is 117 cm³/mol. The van der Waals surface area contributed by atoms with Gasteiger partial charge in [-0.3, -0.25) is 4.79 Å². The Labute approximate surface area is 185 Å². The van der Waals surface area contributed by atoms with E-state index in [1.807, 2.05) is 24.3 Å². The first-order valence-electron chi connectivity index (χ1n) is 11.0. The van der Waals surface area contributed by atoms with Crippen LogP contribution in [0.15, 0.2) is 48.5 Å². The number of benzene rings is 2. The number of ether oxygens (including phenoxy) is 1. The number of carbonyl (C=O) groups excluding carboxylic acids is 2. The van der Waals surface area contributed by atoms with Crippen LogP contribution >= 0.6 is 0 Å². The van der Waals surface area contributed by atoms with Crippen LogP contribution in [0.4, 0.5) is 20.6 Å². The summed E-state index contributed by atoms with van der Waals surface area (Å²) >= 11 is 0. The lowest BCUT2D eigenvalue weighted by molar-refractivity contribution is -0.126. The van der Waals surface area contributed by atoms with Crippen LogP contribution in [0.5, 0.6) is 0 Å². The second-order valence-electron chi connectivity index (χ2n) is 8.55. The molecular formula is C24H26FN3O4. The lowest BCUT2D eigenvalue weighted by Gasteiger charge is -2.58. The molecule has 0 bridgehead atoms. The Morgan fingerprint density at radius 2 is 1.81 bits per heavy atom. The van der Waals surface area contributed by atoms with Crippen molar-refractivity contribution in [2.75, 3.05) is 36.6 Å². The maximum absolute atomic E-state index is 14.1. The van der Waals surface area contributed by atoms with Crippen molar-refractivity contribution in [2.45, 2.75) is 30.8 Å². The lowest BCUT2D eigenvalue weighted by atomic mass is 9.72. The number of carbonyl (C=O) groups is 2. The first-order chi connectivity index (χ1) is 15.6. The van der Waals surface area contributed by atoms with E-state index in [-0.39, 0.29) is 36.1 Å². The molecule has 2 N–H and O–H groups in total. The highest BCUT2D eigenvalue weighted by Gasteiger charge is 2.55. The Morgan fingerprint density at radius 3 is 2.56 bits per heavy atom. The number of aliphatic hydroxyl groups excluding tert-OH is 1. The van der Waals surface area contributed by atoms with E-state index in [4.69, 9.17) is 4.74 Å². The van der Waals surface area contributed by atoms with Crippen molar-refractivity contribution < 1.29 is 23.8 Å². The van der Waals surface area contributed by atoms with E-state index in [1.54, 1.807) is 21.9 Å². The molecule has 2 aromatic rings. The predicted octanol–water partition coefficient (Wildman–Crippen LogP) is 2.96. The number of rotatable bonds is 3. The number of likely N-dealkylation sites (tertiary alicyclic amines) is 1. The lowest BCUT2D eigenvalue weighted by Crippen LogP contribution is -2.71. The van der Waals surface area contributed by atoms with Gasteiger partial charge in [0.2, 0.25) is 5.91 Å². The third-order valence-electron chi connectivity index (χ3n) is 6.87. The zero-order valence-electron chi connectivity index (χ0n) is 17.6. The van der Waals surface area contributed by atoms with Crippen LogP contribution in [0.2, 0.25) is 0 Å². The molecule has 3 aliphatic heterocycles. The van der Waals surface area contributed by atoms with Crippen LogP contribution in [0.3, 0.4) is 0 Å². The molecule has 168 valence electrons. The summed E-state index contributed by atoms with van der Waals surface area (Å²) < 4.78 is 19.5. The standard InChI is InChI=1S/C24H26FN3O4/c25-17-6-2-3-7-18(17)26-24(31)28-20-13-27(23(30)15-9-11-32-12-10-15)19-8-4-1-5-16(19)22(20)21(28)14-29/h1-8,15,20-22,29H,9-14H2,(H,26,31)/t20-,21+,22-/m0/s1. The molecule has 0 aliphatic carbocycles. The van der Waals surface area contributed by atoms with Crippen molar-refractivity contribution >= 4 is 23.3 Å². The van der Waals surface area contributed by atoms with Crippen LogP contribution in [0.25, 0.3) is 0 Å². The molecule has 0 radical (unpaired) electrons. The molecule has 7 nitrogen and oxygen atoms in total. The van der Waals surface area contributed by atoms with Gasteiger partial charge >= 0.3 is 6.03 Å². The van der Waals surface area contributed by atoms with Gasteiger partial charge in [-0.2, -0.15) is 0 Å². The van der Waals surface area contributed by atoms with Crippen LogP contribution in [-0.2, 0) is 9.53 Å². The molecule has 2 saturated heterocycles. The number of amides is 3. The number of halogens is 1. The smallest absolute Gasteiger partial charge is 0.322 e. The molecule has 5 rings (SSSR count). The normalized spacial score (nSPS) is 24.9. The number of hydrogen-bond acceptors (Lipinski definition) is 4. The fourth-order valence-electron chi connectivity index (χ4n) is 5.28. The maximum Gasteiger partial charge on any atom is 0.322 e. The molecule has 2 fully saturated rings. The van der Waals surface area contributed by atoms with Crippen molar-refractivity contribution in [3.63, 3.8) is 0 Å². The first kappa shape index (κ1) is 20.9. The minimum absolute atomic E-state index is 0.0427. The van der Waals surface area contributed by atoms with Crippen molar-refractivity contribution in [3.05, 3.63) is 59.9 Å². The molecule has 3 aliphatic rings. The second kappa shape index (κ2) is 8.52. The van der Waals surface area contributed by atoms with Crippen molar-refractivity contribution in [3.8, 4) is 0 Å². The highest BCUT2D eigenvalue weighted by atomic mass is 19.1. The van der Waals surface area contributed by atoms with Gasteiger partial charge in [0.15, 0.2) is 0 Å². The number of aliphatic hydroxyl groups is 1. The van der Waals surface area contributed by atoms with Crippen molar-refractivity contribution in [2.24, 2.45) is 5.92 Å². The Balaban J connectivity index is 1.43. The summed E-state index contributed by atoms with van der Waals surface area (Å²) in [7, 11) is 0. The fraction of sp³-hybridized carbons (Fsp3) is 0.417. The quantitative estimate of drug-likeness (QED) is 0.771. The number of para-hydroxylation sites is 2. The Morgan fingerprint density at radius 1 is 1.09 bits per heavy atom. The summed E-state index contributed by atoms with van der Waals surface area (Å²) in [6.07, 6.45) is 1.37. The molecule has 3 atom stereocenters. The average Bonchev–Trinajstić information content (AvgIpc) is 2.81. The number of hydrogen-bond donors (Lipinski definition) is 2. The van der Waals surface area contributed by atoms with Crippen molar-refractivity contribution in [1.29, 1.82) is 0 Å². The molecule has 32 heavy (non-hydrogen) atoms. The van der Waals surface area contributed by atoms with Gasteiger partial charge in [-0.25, -0.2) is 9.18 Å². The number of urea groups is 1. The summed E-state index contributed by atoms with van der Waals surface area (Å²) in [4.78, 5) is 29.8. The van der Waals surface area contributed by atoms with Gasteiger partial charge in [0.05, 0.1) is 24.4 Å². The van der Waals surface area contributed by atoms with Crippen LogP contribution in [0, 0.1) is 11.7 Å². The Kier molecular flexibility index (Phi) is 5.57. The zero-order chi connectivity index (χ0) is 22.2. The first-order valence-corrected chi connectivity index (χ1v) is 11.0. The van der Waals surface area contributed by atoms with E-state index in [9.17, 15) is 19.1 Å². The summed E-state index contributed by atoms with van der Waals surface area (Å²) in [5.41, 5.74) is 1.89. The van der Waals surface area contributed by atoms with E-state index < -0.39 is 17.9 Å². The zero-order valence-corrected chi connectivity index (χ0v) is 17.6. The summed E-state index contributed by atoms with van der Waals surface area (Å²) in [5.74, 6) is -0.672. The molecule has 0 unspecified atom stereocenters. The number of nitrogens with one attached hydrogen (secondary N) is 1. The molecule has 0 aromatic heterocycles. The molecule has 2 aromatic carbocycles. The fourth-order valence-corrected chi connectivity index (χ4v) is 5.28. The Hall–Kier alpha value is -2.97. The van der Waals surface area contributed by atoms with Gasteiger partial charge in [0.25, 0.3) is 0 Å². The molecular weight excluding hydrogens is 413 g/mol. The van der Waals surface area contributed by atoms with E-state index in [1.165, 1.54) is 12.1 Å². The molecule has 0 spiro atoms. The molecule has 3 heterocycles. The van der Waals surface area contributed by atoms with Gasteiger partial charge in [0.1, 0.15) is 5.82 Å². The van der Waals surface area contributed by atoms with Gasteiger partial charge in [-0.1, -0.05) is 30.3 Å². The third kappa shape index (κ3) is 3.43. The topological polar surface area (TPSA) is 82.1 Å². The van der Waals surface area contributed by atoms with Crippen molar-refractivity contribution in [1.82, 2.24) is 4.90 Å². The SMILES string of the molecule is O=C(C1CCOCC1)N1C[C@H]2[C@H](c3ccccc31)[C@@H](CO)N2C(=O)Nc1ccccc1F. The summed E-state index contributed by atoms with van der Waals surface area (Å²) in [6.45, 7) is 1.27. The summed E-state index contributed by atoms with van der Waals surface area (Å²) in [6, 6.07) is 12.5. The van der Waals surface area contributed by atoms with Crippen LogP contribution in [0.1, 0.15) is 24.3 Å². The number of nitrogens with zero attached hydrogens (tertiary/aromatic N) is 2. The third-order valence-corrected chi connectivity index (χ3v) is 6.87. The van der Waals surface area contributed by atoms with E-state index in [0.29, 0.717) is 32.6 Å². The van der Waals surface area contributed by atoms with Crippen LogP contribution < -0.4 is 10.2 Å². The second-order valence-corrected chi connectivity index (χ2v) is 8.55. The maximum atomic E-state index is 14.1. The highest BCUT2D eigenvalue weighted by molar-refractivity contribution is 5.98. The van der Waals surface area contributed by atoms with Gasteiger partial charge in [-0.05, 0) is 36.6 Å². The average molecular weight is 439 g/mol. The minimum atomic E-state index is -0.524. The van der Waals surface area contributed by atoms with E-state index in [2.05, 4.69) is 5.32 Å². The molecule has 0 saturated carbocycles. The molecule has 8 heteroatoms. The Bertz CT molecular complexity index is 1030. The van der Waals surface area contributed by atoms with Gasteiger partial charge < -0.3 is 25.0 Å². The monoisotopic (exact) mass is 439 g/mol. The summed E-state index contributed by atoms with van der Waals surface area (Å²) in [5, 5.41) is 12.7. The van der Waals surface area contributed by atoms with Gasteiger partial charge in [0, 0.05) is 37.3 Å².